The van der Waals surface area contributed by atoms with Gasteiger partial charge in [-0.2, -0.15) is 0 Å². The maximum Gasteiger partial charge on any atom is 0.234 e. The zero-order valence-electron chi connectivity index (χ0n) is 11.8. The van der Waals surface area contributed by atoms with Crippen molar-refractivity contribution in [2.75, 3.05) is 0 Å². The Hall–Kier alpha value is -1.42. The van der Waals surface area contributed by atoms with E-state index >= 15 is 0 Å². The lowest BCUT2D eigenvalue weighted by Gasteiger charge is -2.07. The third-order valence-corrected chi connectivity index (χ3v) is 3.03. The van der Waals surface area contributed by atoms with Crippen LogP contribution in [0, 0.1) is 0 Å². The second kappa shape index (κ2) is 10.5. The van der Waals surface area contributed by atoms with Crippen molar-refractivity contribution < 1.29 is 4.79 Å². The van der Waals surface area contributed by atoms with Crippen molar-refractivity contribution in [2.24, 2.45) is 0 Å². The van der Waals surface area contributed by atoms with Gasteiger partial charge in [-0.3, -0.25) is 15.2 Å². The van der Waals surface area contributed by atoms with Crippen LogP contribution in [0.5, 0.6) is 0 Å². The van der Waals surface area contributed by atoms with Gasteiger partial charge in [-0.05, 0) is 24.1 Å². The minimum Gasteiger partial charge on any atom is -0.291 e. The van der Waals surface area contributed by atoms with E-state index in [1.54, 1.807) is 12.4 Å². The van der Waals surface area contributed by atoms with Crippen LogP contribution in [0.3, 0.4) is 0 Å². The topological polar surface area (TPSA) is 54.0 Å². The number of aromatic nitrogens is 1. The zero-order chi connectivity index (χ0) is 13.8. The highest BCUT2D eigenvalue weighted by Gasteiger charge is 2.00. The van der Waals surface area contributed by atoms with Gasteiger partial charge in [-0.1, -0.05) is 39.0 Å². The second-order valence-corrected chi connectivity index (χ2v) is 4.77. The fourth-order valence-electron chi connectivity index (χ4n) is 1.87. The van der Waals surface area contributed by atoms with Gasteiger partial charge in [0.15, 0.2) is 0 Å². The van der Waals surface area contributed by atoms with Gasteiger partial charge in [-0.15, -0.1) is 0 Å². The molecule has 106 valence electrons. The van der Waals surface area contributed by atoms with Gasteiger partial charge in [0.1, 0.15) is 0 Å². The third kappa shape index (κ3) is 8.32. The molecule has 1 heterocycles. The standard InChI is InChI=1S/C15H25N3O/c1-2-3-4-5-6-7-8-15(19)18-17-13-14-9-11-16-12-10-14/h9-12,17H,2-8,13H2,1H3,(H,18,19). The number of pyridine rings is 1. The average molecular weight is 263 g/mol. The van der Waals surface area contributed by atoms with Crippen LogP contribution in [-0.4, -0.2) is 10.9 Å². The summed E-state index contributed by atoms with van der Waals surface area (Å²) in [6.45, 7) is 2.84. The number of nitrogens with zero attached hydrogens (tertiary/aromatic N) is 1. The van der Waals surface area contributed by atoms with E-state index in [9.17, 15) is 4.79 Å². The first-order valence-electron chi connectivity index (χ1n) is 7.23. The smallest absolute Gasteiger partial charge is 0.234 e. The summed E-state index contributed by atoms with van der Waals surface area (Å²) in [5, 5.41) is 0. The average Bonchev–Trinajstić information content (AvgIpc) is 2.44. The Balaban J connectivity index is 1.96. The van der Waals surface area contributed by atoms with Crippen LogP contribution in [-0.2, 0) is 11.3 Å². The molecule has 0 aliphatic rings. The summed E-state index contributed by atoms with van der Waals surface area (Å²) in [6, 6.07) is 3.85. The van der Waals surface area contributed by atoms with E-state index in [4.69, 9.17) is 0 Å². The zero-order valence-corrected chi connectivity index (χ0v) is 11.8. The lowest BCUT2D eigenvalue weighted by atomic mass is 10.1. The minimum absolute atomic E-state index is 0.0737. The molecule has 1 rings (SSSR count). The first kappa shape index (κ1) is 15.6. The summed E-state index contributed by atoms with van der Waals surface area (Å²) in [5.41, 5.74) is 6.77. The van der Waals surface area contributed by atoms with Crippen LogP contribution in [0.2, 0.25) is 0 Å². The van der Waals surface area contributed by atoms with Gasteiger partial charge in [0.25, 0.3) is 0 Å². The SMILES string of the molecule is CCCCCCCCC(=O)NNCc1ccncc1. The first-order chi connectivity index (χ1) is 9.33. The van der Waals surface area contributed by atoms with E-state index < -0.39 is 0 Å². The minimum atomic E-state index is 0.0737. The number of carbonyl (C=O) groups is 1. The normalized spacial score (nSPS) is 10.4. The summed E-state index contributed by atoms with van der Waals surface area (Å²) in [6.07, 6.45) is 11.3. The van der Waals surface area contributed by atoms with Crippen LogP contribution in [0.1, 0.15) is 57.4 Å². The van der Waals surface area contributed by atoms with Gasteiger partial charge in [0.2, 0.25) is 5.91 Å². The van der Waals surface area contributed by atoms with Crippen molar-refractivity contribution in [1.82, 2.24) is 15.8 Å². The summed E-state index contributed by atoms with van der Waals surface area (Å²) in [5.74, 6) is 0.0737. The number of nitrogens with one attached hydrogen (secondary N) is 2. The Morgan fingerprint density at radius 3 is 2.53 bits per heavy atom. The number of rotatable bonds is 10. The number of hydrazine groups is 1. The highest BCUT2D eigenvalue weighted by atomic mass is 16.2. The number of hydrogen-bond acceptors (Lipinski definition) is 3. The molecule has 0 fully saturated rings. The van der Waals surface area contributed by atoms with Crippen molar-refractivity contribution in [3.05, 3.63) is 30.1 Å². The molecular formula is C15H25N3O. The lowest BCUT2D eigenvalue weighted by molar-refractivity contribution is -0.122. The molecule has 0 saturated carbocycles. The second-order valence-electron chi connectivity index (χ2n) is 4.77. The molecule has 2 N–H and O–H groups in total. The van der Waals surface area contributed by atoms with E-state index in [1.165, 1.54) is 25.7 Å². The Kier molecular flexibility index (Phi) is 8.64. The lowest BCUT2D eigenvalue weighted by Crippen LogP contribution is -2.36. The van der Waals surface area contributed by atoms with E-state index in [2.05, 4.69) is 22.8 Å². The van der Waals surface area contributed by atoms with Crippen molar-refractivity contribution >= 4 is 5.91 Å². The molecule has 4 nitrogen and oxygen atoms in total. The van der Waals surface area contributed by atoms with Crippen LogP contribution in [0.25, 0.3) is 0 Å². The van der Waals surface area contributed by atoms with Gasteiger partial charge in [0.05, 0.1) is 0 Å². The molecule has 0 aromatic carbocycles. The molecule has 4 heteroatoms. The van der Waals surface area contributed by atoms with Gasteiger partial charge in [0, 0.05) is 25.4 Å². The molecule has 0 radical (unpaired) electrons. The summed E-state index contributed by atoms with van der Waals surface area (Å²) in [4.78, 5) is 15.5. The molecule has 0 bridgehead atoms. The summed E-state index contributed by atoms with van der Waals surface area (Å²) >= 11 is 0. The van der Waals surface area contributed by atoms with Gasteiger partial charge >= 0.3 is 0 Å². The van der Waals surface area contributed by atoms with E-state index in [0.717, 1.165) is 18.4 Å². The number of hydrogen-bond donors (Lipinski definition) is 2. The molecule has 0 unspecified atom stereocenters. The predicted molar refractivity (Wildman–Crippen MR) is 77.2 cm³/mol. The first-order valence-corrected chi connectivity index (χ1v) is 7.23. The Morgan fingerprint density at radius 1 is 1.11 bits per heavy atom. The molecule has 0 saturated heterocycles. The quantitative estimate of drug-likeness (QED) is 0.504. The van der Waals surface area contributed by atoms with E-state index in [-0.39, 0.29) is 5.91 Å². The van der Waals surface area contributed by atoms with Gasteiger partial charge < -0.3 is 0 Å². The monoisotopic (exact) mass is 263 g/mol. The largest absolute Gasteiger partial charge is 0.291 e. The van der Waals surface area contributed by atoms with Crippen molar-refractivity contribution in [1.29, 1.82) is 0 Å². The summed E-state index contributed by atoms with van der Waals surface area (Å²) < 4.78 is 0. The van der Waals surface area contributed by atoms with Crippen molar-refractivity contribution in [2.45, 2.75) is 58.4 Å². The molecule has 0 aliphatic heterocycles. The molecule has 1 aromatic heterocycles. The fraction of sp³-hybridized carbons (Fsp3) is 0.600. The number of unbranched alkanes of at least 4 members (excludes halogenated alkanes) is 5. The number of carbonyl (C=O) groups excluding carboxylic acids is 1. The third-order valence-electron chi connectivity index (χ3n) is 3.03. The molecule has 0 atom stereocenters. The highest BCUT2D eigenvalue weighted by Crippen LogP contribution is 2.06. The van der Waals surface area contributed by atoms with E-state index in [0.29, 0.717) is 13.0 Å². The van der Waals surface area contributed by atoms with Gasteiger partial charge in [-0.25, -0.2) is 5.43 Å². The Morgan fingerprint density at radius 2 is 1.79 bits per heavy atom. The maximum absolute atomic E-state index is 11.5. The van der Waals surface area contributed by atoms with Crippen LogP contribution < -0.4 is 10.9 Å². The summed E-state index contributed by atoms with van der Waals surface area (Å²) in [7, 11) is 0. The van der Waals surface area contributed by atoms with Crippen LogP contribution in [0.15, 0.2) is 24.5 Å². The number of amides is 1. The van der Waals surface area contributed by atoms with Crippen LogP contribution >= 0.6 is 0 Å². The Labute approximate surface area is 116 Å². The maximum atomic E-state index is 11.5. The molecule has 0 aliphatic carbocycles. The van der Waals surface area contributed by atoms with Crippen molar-refractivity contribution in [3.63, 3.8) is 0 Å². The van der Waals surface area contributed by atoms with Crippen LogP contribution in [0.4, 0.5) is 0 Å². The fourth-order valence-corrected chi connectivity index (χ4v) is 1.87. The molecule has 0 spiro atoms. The molecule has 1 aromatic rings. The molecule has 19 heavy (non-hydrogen) atoms. The predicted octanol–water partition coefficient (Wildman–Crippen LogP) is 2.95. The highest BCUT2D eigenvalue weighted by molar-refractivity contribution is 5.75. The molecule has 1 amide bonds. The van der Waals surface area contributed by atoms with Crippen molar-refractivity contribution in [3.8, 4) is 0 Å². The molecular weight excluding hydrogens is 238 g/mol. The van der Waals surface area contributed by atoms with E-state index in [1.807, 2.05) is 12.1 Å². The Bertz CT molecular complexity index is 341.